The van der Waals surface area contributed by atoms with E-state index in [9.17, 15) is 4.79 Å². The van der Waals surface area contributed by atoms with Crippen LogP contribution in [0, 0.1) is 5.92 Å². The van der Waals surface area contributed by atoms with Gasteiger partial charge in [0.2, 0.25) is 5.91 Å². The molecular weight excluding hydrogens is 298 g/mol. The van der Waals surface area contributed by atoms with Crippen LogP contribution in [-0.4, -0.2) is 23.9 Å². The molecule has 0 bridgehead atoms. The Morgan fingerprint density at radius 2 is 1.95 bits per heavy atom. The van der Waals surface area contributed by atoms with Gasteiger partial charge in [-0.25, -0.2) is 0 Å². The van der Waals surface area contributed by atoms with Crippen molar-refractivity contribution in [1.82, 2.24) is 4.90 Å². The minimum atomic E-state index is -0.262. The monoisotopic (exact) mass is 325 g/mol. The molecule has 0 aliphatic heterocycles. The largest absolute Gasteiger partial charge is 0.399 e. The third-order valence-corrected chi connectivity index (χ3v) is 4.31. The molecule has 2 rings (SSSR count). The number of hydrogen-bond donors (Lipinski definition) is 2. The summed E-state index contributed by atoms with van der Waals surface area (Å²) in [6.45, 7) is 1.99. The maximum atomic E-state index is 11.3. The molecule has 1 fully saturated rings. The normalized spacial score (nSPS) is 15.5. The van der Waals surface area contributed by atoms with E-state index in [2.05, 4.69) is 4.90 Å². The molecule has 0 unspecified atom stereocenters. The maximum absolute atomic E-state index is 11.3. The van der Waals surface area contributed by atoms with Gasteiger partial charge in [0.1, 0.15) is 0 Å². The summed E-state index contributed by atoms with van der Waals surface area (Å²) in [5.41, 5.74) is 13.1. The van der Waals surface area contributed by atoms with E-state index in [-0.39, 0.29) is 18.3 Å². The highest BCUT2D eigenvalue weighted by Gasteiger charge is 2.16. The van der Waals surface area contributed by atoms with Crippen LogP contribution in [0.3, 0.4) is 0 Å². The zero-order valence-corrected chi connectivity index (χ0v) is 14.0. The number of carbonyl (C=O) groups excluding carboxylic acids is 1. The first-order valence-electron chi connectivity index (χ1n) is 7.98. The Labute approximate surface area is 139 Å². The molecule has 0 atom stereocenters. The van der Waals surface area contributed by atoms with E-state index >= 15 is 0 Å². The highest BCUT2D eigenvalue weighted by Crippen LogP contribution is 2.26. The number of anilines is 1. The van der Waals surface area contributed by atoms with E-state index in [4.69, 9.17) is 11.5 Å². The predicted molar refractivity (Wildman–Crippen MR) is 93.8 cm³/mol. The number of hydrogen-bond acceptors (Lipinski definition) is 3. The second kappa shape index (κ2) is 9.70. The Kier molecular flexibility index (Phi) is 8.28. The molecule has 1 aromatic carbocycles. The summed E-state index contributed by atoms with van der Waals surface area (Å²) < 4.78 is 0. The first kappa shape index (κ1) is 18.8. The summed E-state index contributed by atoms with van der Waals surface area (Å²) in [7, 11) is 0. The lowest BCUT2D eigenvalue weighted by molar-refractivity contribution is -0.119. The molecule has 1 aliphatic rings. The summed E-state index contributed by atoms with van der Waals surface area (Å²) in [5, 5.41) is 0. The van der Waals surface area contributed by atoms with Crippen LogP contribution in [0.2, 0.25) is 0 Å². The van der Waals surface area contributed by atoms with Gasteiger partial charge >= 0.3 is 0 Å². The molecule has 4 N–H and O–H groups in total. The van der Waals surface area contributed by atoms with E-state index in [1.54, 1.807) is 0 Å². The van der Waals surface area contributed by atoms with Crippen LogP contribution in [0.15, 0.2) is 24.3 Å². The van der Waals surface area contributed by atoms with Gasteiger partial charge in [0.15, 0.2) is 0 Å². The Balaban J connectivity index is 0.00000242. The number of rotatable bonds is 7. The van der Waals surface area contributed by atoms with Crippen LogP contribution in [0.25, 0.3) is 0 Å². The van der Waals surface area contributed by atoms with Crippen LogP contribution in [0.5, 0.6) is 0 Å². The Morgan fingerprint density at radius 3 is 2.59 bits per heavy atom. The zero-order valence-electron chi connectivity index (χ0n) is 13.2. The van der Waals surface area contributed by atoms with Crippen molar-refractivity contribution in [3.05, 3.63) is 29.8 Å². The fraction of sp³-hybridized carbons (Fsp3) is 0.588. The van der Waals surface area contributed by atoms with Crippen LogP contribution in [-0.2, 0) is 11.3 Å². The van der Waals surface area contributed by atoms with E-state index < -0.39 is 0 Å². The lowest BCUT2D eigenvalue weighted by atomic mass is 9.87. The Morgan fingerprint density at radius 1 is 1.23 bits per heavy atom. The van der Waals surface area contributed by atoms with Crippen LogP contribution in [0.1, 0.15) is 44.1 Å². The molecular formula is C17H28ClN3O. The summed E-state index contributed by atoms with van der Waals surface area (Å²) >= 11 is 0. The van der Waals surface area contributed by atoms with Crippen LogP contribution >= 0.6 is 12.4 Å². The van der Waals surface area contributed by atoms with Crippen molar-refractivity contribution in [2.24, 2.45) is 11.7 Å². The number of nitrogens with two attached hydrogens (primary N) is 2. The fourth-order valence-electron chi connectivity index (χ4n) is 3.23. The quantitative estimate of drug-likeness (QED) is 0.757. The van der Waals surface area contributed by atoms with Gasteiger partial charge in [0, 0.05) is 12.2 Å². The number of benzene rings is 1. The van der Waals surface area contributed by atoms with Crippen molar-refractivity contribution < 1.29 is 4.79 Å². The molecule has 124 valence electrons. The highest BCUT2D eigenvalue weighted by atomic mass is 35.5. The fourth-order valence-corrected chi connectivity index (χ4v) is 3.23. The van der Waals surface area contributed by atoms with Crippen molar-refractivity contribution in [2.45, 2.75) is 45.1 Å². The molecule has 5 heteroatoms. The van der Waals surface area contributed by atoms with Crippen molar-refractivity contribution in [3.63, 3.8) is 0 Å². The molecule has 1 aliphatic carbocycles. The summed E-state index contributed by atoms with van der Waals surface area (Å²) in [6.07, 6.45) is 7.93. The molecule has 1 amide bonds. The smallest absolute Gasteiger partial charge is 0.231 e. The second-order valence-electron chi connectivity index (χ2n) is 6.21. The van der Waals surface area contributed by atoms with Gasteiger partial charge < -0.3 is 11.5 Å². The zero-order chi connectivity index (χ0) is 15.1. The average molecular weight is 326 g/mol. The topological polar surface area (TPSA) is 72.4 Å². The Bertz CT molecular complexity index is 461. The average Bonchev–Trinajstić information content (AvgIpc) is 2.45. The van der Waals surface area contributed by atoms with Gasteiger partial charge in [0.05, 0.1) is 6.54 Å². The number of carbonyl (C=O) groups is 1. The first-order valence-corrected chi connectivity index (χ1v) is 7.98. The number of nitrogens with zero attached hydrogens (tertiary/aromatic N) is 1. The van der Waals surface area contributed by atoms with E-state index in [0.717, 1.165) is 36.7 Å². The van der Waals surface area contributed by atoms with Crippen LogP contribution in [0.4, 0.5) is 5.69 Å². The third kappa shape index (κ3) is 6.67. The lowest BCUT2D eigenvalue weighted by Gasteiger charge is -2.26. The molecule has 0 spiro atoms. The predicted octanol–water partition coefficient (Wildman–Crippen LogP) is 2.95. The van der Waals surface area contributed by atoms with Gasteiger partial charge in [0.25, 0.3) is 0 Å². The second-order valence-corrected chi connectivity index (χ2v) is 6.21. The molecule has 1 aromatic rings. The third-order valence-electron chi connectivity index (χ3n) is 4.31. The SMILES string of the molecule is Cl.NC(=O)CN(CCC1CCCCC1)Cc1cccc(N)c1. The summed E-state index contributed by atoms with van der Waals surface area (Å²) in [5.74, 6) is 0.553. The minimum Gasteiger partial charge on any atom is -0.399 e. The van der Waals surface area contributed by atoms with E-state index in [1.807, 2.05) is 24.3 Å². The molecule has 1 saturated carbocycles. The molecule has 22 heavy (non-hydrogen) atoms. The molecule has 0 radical (unpaired) electrons. The Hall–Kier alpha value is -1.26. The van der Waals surface area contributed by atoms with Crippen LogP contribution < -0.4 is 11.5 Å². The molecule has 0 heterocycles. The van der Waals surface area contributed by atoms with Crippen molar-refractivity contribution in [2.75, 3.05) is 18.8 Å². The highest BCUT2D eigenvalue weighted by molar-refractivity contribution is 5.85. The molecule has 0 saturated heterocycles. The maximum Gasteiger partial charge on any atom is 0.231 e. The lowest BCUT2D eigenvalue weighted by Crippen LogP contribution is -2.35. The van der Waals surface area contributed by atoms with E-state index in [1.165, 1.54) is 32.1 Å². The first-order chi connectivity index (χ1) is 10.1. The number of nitrogen functional groups attached to an aromatic ring is 1. The summed E-state index contributed by atoms with van der Waals surface area (Å²) in [4.78, 5) is 13.4. The van der Waals surface area contributed by atoms with Crippen molar-refractivity contribution in [3.8, 4) is 0 Å². The number of amides is 1. The summed E-state index contributed by atoms with van der Waals surface area (Å²) in [6, 6.07) is 7.85. The van der Waals surface area contributed by atoms with Crippen molar-refractivity contribution in [1.29, 1.82) is 0 Å². The number of primary amides is 1. The number of halogens is 1. The van der Waals surface area contributed by atoms with Gasteiger partial charge in [-0.05, 0) is 36.6 Å². The van der Waals surface area contributed by atoms with Gasteiger partial charge in [-0.3, -0.25) is 9.69 Å². The van der Waals surface area contributed by atoms with E-state index in [0.29, 0.717) is 6.54 Å². The standard InChI is InChI=1S/C17H27N3O.ClH/c18-16-8-4-7-15(11-16)12-20(13-17(19)21)10-9-14-5-2-1-3-6-14;/h4,7-8,11,14H,1-3,5-6,9-10,12-13,18H2,(H2,19,21);1H. The van der Waals surface area contributed by atoms with Crippen molar-refractivity contribution >= 4 is 24.0 Å². The minimum absolute atomic E-state index is 0. The van der Waals surface area contributed by atoms with Gasteiger partial charge in [-0.1, -0.05) is 44.2 Å². The molecule has 4 nitrogen and oxygen atoms in total. The van der Waals surface area contributed by atoms with Gasteiger partial charge in [-0.2, -0.15) is 0 Å². The molecule has 0 aromatic heterocycles. The van der Waals surface area contributed by atoms with Gasteiger partial charge in [-0.15, -0.1) is 12.4 Å².